The van der Waals surface area contributed by atoms with E-state index in [2.05, 4.69) is 15.4 Å². The van der Waals surface area contributed by atoms with Crippen LogP contribution in [0, 0.1) is 5.92 Å². The second-order valence-corrected chi connectivity index (χ2v) is 4.76. The molecule has 6 heteroatoms. The van der Waals surface area contributed by atoms with Gasteiger partial charge in [0.1, 0.15) is 12.7 Å². The third-order valence-electron chi connectivity index (χ3n) is 3.39. The second kappa shape index (κ2) is 6.29. The number of benzene rings is 1. The maximum Gasteiger partial charge on any atom is 0.241 e. The van der Waals surface area contributed by atoms with Crippen LogP contribution in [0.2, 0.25) is 0 Å². The Bertz CT molecular complexity index is 567. The summed E-state index contributed by atoms with van der Waals surface area (Å²) >= 11 is 0. The van der Waals surface area contributed by atoms with E-state index in [-0.39, 0.29) is 11.8 Å². The number of nitrogens with two attached hydrogens (primary N) is 1. The van der Waals surface area contributed by atoms with Gasteiger partial charge in [-0.25, -0.2) is 9.67 Å². The summed E-state index contributed by atoms with van der Waals surface area (Å²) in [6.07, 6.45) is 3.89. The van der Waals surface area contributed by atoms with Crippen molar-refractivity contribution < 1.29 is 4.79 Å². The summed E-state index contributed by atoms with van der Waals surface area (Å²) in [5.74, 6) is -0.0551. The molecule has 1 heterocycles. The van der Waals surface area contributed by atoms with Gasteiger partial charge in [-0.3, -0.25) is 4.79 Å². The highest BCUT2D eigenvalue weighted by Gasteiger charge is 2.20. The molecule has 0 aliphatic rings. The maximum absolute atomic E-state index is 12.2. The first-order chi connectivity index (χ1) is 9.63. The fraction of sp³-hybridized carbons (Fsp3) is 0.357. The van der Waals surface area contributed by atoms with E-state index in [1.807, 2.05) is 38.1 Å². The number of amides is 1. The lowest BCUT2D eigenvalue weighted by atomic mass is 9.99. The van der Waals surface area contributed by atoms with Gasteiger partial charge in [-0.05, 0) is 18.1 Å². The van der Waals surface area contributed by atoms with Gasteiger partial charge in [0.05, 0.1) is 17.4 Å². The van der Waals surface area contributed by atoms with Crippen LogP contribution in [0.5, 0.6) is 0 Å². The number of carbonyl (C=O) groups is 1. The van der Waals surface area contributed by atoms with Crippen molar-refractivity contribution >= 4 is 11.6 Å². The van der Waals surface area contributed by atoms with E-state index in [0.29, 0.717) is 5.69 Å². The molecule has 0 saturated heterocycles. The molecule has 3 N–H and O–H groups in total. The Morgan fingerprint density at radius 1 is 1.45 bits per heavy atom. The third kappa shape index (κ3) is 3.03. The van der Waals surface area contributed by atoms with Crippen molar-refractivity contribution in [3.05, 3.63) is 36.9 Å². The number of nitrogens with one attached hydrogen (secondary N) is 1. The molecular formula is C14H19N5O. The minimum atomic E-state index is -0.524. The number of aromatic nitrogens is 3. The molecule has 0 aliphatic heterocycles. The summed E-state index contributed by atoms with van der Waals surface area (Å²) < 4.78 is 1.60. The molecule has 0 saturated carbocycles. The average Bonchev–Trinajstić information content (AvgIpc) is 3.00. The van der Waals surface area contributed by atoms with Gasteiger partial charge in [-0.15, -0.1) is 0 Å². The molecule has 1 aromatic carbocycles. The van der Waals surface area contributed by atoms with Crippen molar-refractivity contribution in [3.8, 4) is 5.69 Å². The van der Waals surface area contributed by atoms with Crippen molar-refractivity contribution in [2.75, 3.05) is 5.32 Å². The van der Waals surface area contributed by atoms with Crippen molar-refractivity contribution in [2.24, 2.45) is 11.7 Å². The van der Waals surface area contributed by atoms with E-state index in [9.17, 15) is 4.79 Å². The molecular weight excluding hydrogens is 254 g/mol. The summed E-state index contributed by atoms with van der Waals surface area (Å²) in [5.41, 5.74) is 7.37. The minimum absolute atomic E-state index is 0.133. The Balaban J connectivity index is 2.20. The third-order valence-corrected chi connectivity index (χ3v) is 3.39. The molecule has 0 aliphatic carbocycles. The van der Waals surface area contributed by atoms with Crippen LogP contribution >= 0.6 is 0 Å². The fourth-order valence-corrected chi connectivity index (χ4v) is 1.84. The van der Waals surface area contributed by atoms with Crippen LogP contribution in [-0.2, 0) is 4.79 Å². The quantitative estimate of drug-likeness (QED) is 0.866. The van der Waals surface area contributed by atoms with E-state index in [4.69, 9.17) is 5.73 Å². The number of hydrogen-bond donors (Lipinski definition) is 2. The maximum atomic E-state index is 12.2. The molecule has 2 rings (SSSR count). The largest absolute Gasteiger partial charge is 0.323 e. The monoisotopic (exact) mass is 273 g/mol. The van der Waals surface area contributed by atoms with E-state index in [0.717, 1.165) is 12.1 Å². The highest BCUT2D eigenvalue weighted by Crippen LogP contribution is 2.19. The first-order valence-corrected chi connectivity index (χ1v) is 6.64. The predicted octanol–water partition coefficient (Wildman–Crippen LogP) is 1.58. The molecule has 0 radical (unpaired) electrons. The van der Waals surface area contributed by atoms with Crippen molar-refractivity contribution in [2.45, 2.75) is 26.3 Å². The normalized spacial score (nSPS) is 13.8. The van der Waals surface area contributed by atoms with Crippen LogP contribution in [0.15, 0.2) is 36.9 Å². The lowest BCUT2D eigenvalue weighted by Gasteiger charge is -2.18. The highest BCUT2D eigenvalue weighted by molar-refractivity contribution is 5.96. The fourth-order valence-electron chi connectivity index (χ4n) is 1.84. The number of para-hydroxylation sites is 2. The smallest absolute Gasteiger partial charge is 0.241 e. The van der Waals surface area contributed by atoms with Crippen LogP contribution in [0.25, 0.3) is 5.69 Å². The van der Waals surface area contributed by atoms with Crippen molar-refractivity contribution in [3.63, 3.8) is 0 Å². The minimum Gasteiger partial charge on any atom is -0.323 e. The van der Waals surface area contributed by atoms with E-state index in [1.165, 1.54) is 6.33 Å². The highest BCUT2D eigenvalue weighted by atomic mass is 16.2. The van der Waals surface area contributed by atoms with Crippen molar-refractivity contribution in [1.29, 1.82) is 0 Å². The molecule has 0 bridgehead atoms. The van der Waals surface area contributed by atoms with Crippen LogP contribution in [-0.4, -0.2) is 26.7 Å². The summed E-state index contributed by atoms with van der Waals surface area (Å²) in [7, 11) is 0. The van der Waals surface area contributed by atoms with E-state index >= 15 is 0 Å². The first kappa shape index (κ1) is 14.2. The molecule has 106 valence electrons. The number of nitrogens with zero attached hydrogens (tertiary/aromatic N) is 3. The number of carbonyl (C=O) groups excluding carboxylic acids is 1. The molecule has 0 fully saturated rings. The molecule has 0 unspecified atom stereocenters. The zero-order chi connectivity index (χ0) is 14.5. The van der Waals surface area contributed by atoms with Crippen LogP contribution in [0.3, 0.4) is 0 Å². The summed E-state index contributed by atoms with van der Waals surface area (Å²) in [4.78, 5) is 16.1. The van der Waals surface area contributed by atoms with Gasteiger partial charge in [0.2, 0.25) is 5.91 Å². The van der Waals surface area contributed by atoms with Crippen LogP contribution < -0.4 is 11.1 Å². The molecule has 2 atom stereocenters. The SMILES string of the molecule is CC[C@H](C)[C@H](N)C(=O)Nc1ccccc1-n1cncn1. The number of hydrogen-bond acceptors (Lipinski definition) is 4. The Kier molecular flexibility index (Phi) is 4.47. The summed E-state index contributed by atoms with van der Waals surface area (Å²) in [6.45, 7) is 3.98. The van der Waals surface area contributed by atoms with Gasteiger partial charge in [0.15, 0.2) is 0 Å². The van der Waals surface area contributed by atoms with Gasteiger partial charge in [-0.1, -0.05) is 32.4 Å². The Morgan fingerprint density at radius 3 is 2.85 bits per heavy atom. The van der Waals surface area contributed by atoms with Gasteiger partial charge < -0.3 is 11.1 Å². The van der Waals surface area contributed by atoms with Gasteiger partial charge >= 0.3 is 0 Å². The molecule has 2 aromatic rings. The van der Waals surface area contributed by atoms with Gasteiger partial charge in [0.25, 0.3) is 0 Å². The van der Waals surface area contributed by atoms with E-state index < -0.39 is 6.04 Å². The second-order valence-electron chi connectivity index (χ2n) is 4.76. The Morgan fingerprint density at radius 2 is 2.20 bits per heavy atom. The lowest BCUT2D eigenvalue weighted by molar-refractivity contribution is -0.118. The number of rotatable bonds is 5. The van der Waals surface area contributed by atoms with Crippen molar-refractivity contribution in [1.82, 2.24) is 14.8 Å². The molecule has 1 aromatic heterocycles. The Labute approximate surface area is 118 Å². The molecule has 20 heavy (non-hydrogen) atoms. The van der Waals surface area contributed by atoms with Crippen LogP contribution in [0.1, 0.15) is 20.3 Å². The Hall–Kier alpha value is -2.21. The molecule has 0 spiro atoms. The standard InChI is InChI=1S/C14H19N5O/c1-3-10(2)13(15)14(20)18-11-6-4-5-7-12(11)19-9-16-8-17-19/h4-10,13H,3,15H2,1-2H3,(H,18,20)/t10-,13-/m0/s1. The topological polar surface area (TPSA) is 85.8 Å². The zero-order valence-electron chi connectivity index (χ0n) is 11.7. The predicted molar refractivity (Wildman–Crippen MR) is 77.4 cm³/mol. The number of anilines is 1. The van der Waals surface area contributed by atoms with E-state index in [1.54, 1.807) is 11.0 Å². The van der Waals surface area contributed by atoms with Gasteiger partial charge in [-0.2, -0.15) is 5.10 Å². The zero-order valence-corrected chi connectivity index (χ0v) is 11.7. The summed E-state index contributed by atoms with van der Waals surface area (Å²) in [6, 6.07) is 6.88. The van der Waals surface area contributed by atoms with Gasteiger partial charge in [0, 0.05) is 0 Å². The lowest BCUT2D eigenvalue weighted by Crippen LogP contribution is -2.40. The summed E-state index contributed by atoms with van der Waals surface area (Å²) in [5, 5.41) is 6.93. The average molecular weight is 273 g/mol. The molecule has 1 amide bonds. The molecule has 6 nitrogen and oxygen atoms in total. The van der Waals surface area contributed by atoms with Crippen LogP contribution in [0.4, 0.5) is 5.69 Å². The first-order valence-electron chi connectivity index (χ1n) is 6.64.